The molecule has 0 spiro atoms. The van der Waals surface area contributed by atoms with Crippen LogP contribution in [0.5, 0.6) is 0 Å². The van der Waals surface area contributed by atoms with Crippen molar-refractivity contribution >= 4 is 11.7 Å². The summed E-state index contributed by atoms with van der Waals surface area (Å²) in [6.45, 7) is 4.59. The maximum atomic E-state index is 11.3. The lowest BCUT2D eigenvalue weighted by Crippen LogP contribution is -2.46. The van der Waals surface area contributed by atoms with E-state index in [2.05, 4.69) is 37.4 Å². The summed E-state index contributed by atoms with van der Waals surface area (Å²) in [5, 5.41) is 12.4. The minimum Gasteiger partial charge on any atom is -0.480 e. The smallest absolute Gasteiger partial charge is 0.322 e. The summed E-state index contributed by atoms with van der Waals surface area (Å²) in [5.74, 6) is -0.775. The second-order valence-electron chi connectivity index (χ2n) is 5.56. The van der Waals surface area contributed by atoms with E-state index in [-0.39, 0.29) is 0 Å². The highest BCUT2D eigenvalue weighted by molar-refractivity contribution is 5.74. The third-order valence-corrected chi connectivity index (χ3v) is 3.42. The summed E-state index contributed by atoms with van der Waals surface area (Å²) in [7, 11) is 1.94. The zero-order valence-corrected chi connectivity index (χ0v) is 11.8. The number of likely N-dealkylation sites (N-methyl/N-ethyl adjacent to an activating group) is 1. The molecule has 0 saturated heterocycles. The van der Waals surface area contributed by atoms with Crippen LogP contribution in [-0.4, -0.2) is 36.8 Å². The number of aryl methyl sites for hydroxylation is 2. The number of hydrogen-bond donors (Lipinski definition) is 2. The van der Waals surface area contributed by atoms with Gasteiger partial charge in [0.2, 0.25) is 0 Å². The Kier molecular flexibility index (Phi) is 4.10. The van der Waals surface area contributed by atoms with Gasteiger partial charge in [-0.05, 0) is 49.9 Å². The Bertz CT molecular complexity index is 449. The number of benzene rings is 1. The topological polar surface area (TPSA) is 52.6 Å². The van der Waals surface area contributed by atoms with Gasteiger partial charge < -0.3 is 15.3 Å². The number of nitrogens with one attached hydrogen (secondary N) is 1. The molecule has 1 aliphatic carbocycles. The summed E-state index contributed by atoms with van der Waals surface area (Å²) < 4.78 is 0. The zero-order chi connectivity index (χ0) is 14.0. The number of carbonyl (C=O) groups is 1. The van der Waals surface area contributed by atoms with Gasteiger partial charge in [0.25, 0.3) is 0 Å². The van der Waals surface area contributed by atoms with Gasteiger partial charge in [-0.3, -0.25) is 4.79 Å². The Hall–Kier alpha value is -1.55. The maximum absolute atomic E-state index is 11.3. The predicted molar refractivity (Wildman–Crippen MR) is 76.8 cm³/mol. The van der Waals surface area contributed by atoms with E-state index in [1.807, 2.05) is 11.9 Å². The fraction of sp³-hybridized carbons (Fsp3) is 0.533. The molecule has 1 aromatic carbocycles. The predicted octanol–water partition coefficient (Wildman–Crippen LogP) is 1.94. The van der Waals surface area contributed by atoms with Crippen molar-refractivity contribution in [3.8, 4) is 0 Å². The van der Waals surface area contributed by atoms with Gasteiger partial charge in [-0.2, -0.15) is 0 Å². The molecule has 1 unspecified atom stereocenters. The van der Waals surface area contributed by atoms with Crippen molar-refractivity contribution in [2.24, 2.45) is 0 Å². The van der Waals surface area contributed by atoms with Crippen LogP contribution >= 0.6 is 0 Å². The van der Waals surface area contributed by atoms with Crippen molar-refractivity contribution in [1.82, 2.24) is 5.32 Å². The third-order valence-electron chi connectivity index (χ3n) is 3.42. The van der Waals surface area contributed by atoms with Crippen molar-refractivity contribution in [3.05, 3.63) is 29.3 Å². The molecule has 1 saturated carbocycles. The first kappa shape index (κ1) is 13.9. The fourth-order valence-corrected chi connectivity index (χ4v) is 2.29. The summed E-state index contributed by atoms with van der Waals surface area (Å²) in [6, 6.07) is 6.19. The molecule has 0 heterocycles. The Morgan fingerprint density at radius 3 is 2.42 bits per heavy atom. The molecule has 1 aromatic rings. The van der Waals surface area contributed by atoms with Crippen LogP contribution in [0.3, 0.4) is 0 Å². The molecule has 4 nitrogen and oxygen atoms in total. The minimum absolute atomic E-state index is 0.397. The Morgan fingerprint density at radius 1 is 1.37 bits per heavy atom. The minimum atomic E-state index is -0.775. The number of carboxylic acid groups (broad SMARTS) is 1. The average molecular weight is 262 g/mol. The molecule has 0 amide bonds. The molecule has 2 rings (SSSR count). The Morgan fingerprint density at radius 2 is 1.95 bits per heavy atom. The van der Waals surface area contributed by atoms with Gasteiger partial charge in [0.1, 0.15) is 6.04 Å². The van der Waals surface area contributed by atoms with E-state index in [0.717, 1.165) is 18.5 Å². The van der Waals surface area contributed by atoms with E-state index >= 15 is 0 Å². The molecule has 0 aliphatic heterocycles. The SMILES string of the molecule is Cc1cc(C)cc(N(C)CC(NC2CC2)C(=O)O)c1. The van der Waals surface area contributed by atoms with Gasteiger partial charge in [0, 0.05) is 25.3 Å². The normalized spacial score (nSPS) is 16.2. The molecule has 4 heteroatoms. The van der Waals surface area contributed by atoms with Gasteiger partial charge in [0.15, 0.2) is 0 Å². The fourth-order valence-electron chi connectivity index (χ4n) is 2.29. The first-order valence-electron chi connectivity index (χ1n) is 6.74. The van der Waals surface area contributed by atoms with E-state index in [4.69, 9.17) is 0 Å². The van der Waals surface area contributed by atoms with Crippen LogP contribution < -0.4 is 10.2 Å². The zero-order valence-electron chi connectivity index (χ0n) is 11.8. The summed E-state index contributed by atoms with van der Waals surface area (Å²) in [6.07, 6.45) is 2.19. The van der Waals surface area contributed by atoms with Crippen LogP contribution in [0.1, 0.15) is 24.0 Å². The van der Waals surface area contributed by atoms with E-state index in [1.54, 1.807) is 0 Å². The van der Waals surface area contributed by atoms with Gasteiger partial charge in [-0.1, -0.05) is 6.07 Å². The standard InChI is InChI=1S/C15H22N2O2/c1-10-6-11(2)8-13(7-10)17(3)9-14(15(18)19)16-12-4-5-12/h6-8,12,14,16H,4-5,9H2,1-3H3,(H,18,19). The molecule has 0 radical (unpaired) electrons. The molecular formula is C15H22N2O2. The van der Waals surface area contributed by atoms with Crippen LogP contribution in [-0.2, 0) is 4.79 Å². The number of carboxylic acids is 1. The molecule has 1 atom stereocenters. The van der Waals surface area contributed by atoms with Crippen molar-refractivity contribution in [2.75, 3.05) is 18.5 Å². The van der Waals surface area contributed by atoms with Crippen molar-refractivity contribution in [3.63, 3.8) is 0 Å². The van der Waals surface area contributed by atoms with Crippen molar-refractivity contribution in [2.45, 2.75) is 38.8 Å². The molecular weight excluding hydrogens is 240 g/mol. The maximum Gasteiger partial charge on any atom is 0.322 e. The van der Waals surface area contributed by atoms with Gasteiger partial charge in [-0.25, -0.2) is 0 Å². The Labute approximate surface area is 114 Å². The van der Waals surface area contributed by atoms with E-state index in [1.165, 1.54) is 11.1 Å². The Balaban J connectivity index is 2.04. The highest BCUT2D eigenvalue weighted by Gasteiger charge is 2.29. The van der Waals surface area contributed by atoms with Crippen LogP contribution in [0.25, 0.3) is 0 Å². The monoisotopic (exact) mass is 262 g/mol. The molecule has 104 valence electrons. The summed E-state index contributed by atoms with van der Waals surface area (Å²) in [4.78, 5) is 13.3. The summed E-state index contributed by atoms with van der Waals surface area (Å²) in [5.41, 5.74) is 3.47. The lowest BCUT2D eigenvalue weighted by molar-refractivity contribution is -0.139. The average Bonchev–Trinajstić information content (AvgIpc) is 3.10. The second kappa shape index (κ2) is 5.61. The summed E-state index contributed by atoms with van der Waals surface area (Å²) >= 11 is 0. The first-order valence-corrected chi connectivity index (χ1v) is 6.74. The van der Waals surface area contributed by atoms with Crippen molar-refractivity contribution < 1.29 is 9.90 Å². The van der Waals surface area contributed by atoms with E-state index in [0.29, 0.717) is 12.6 Å². The van der Waals surface area contributed by atoms with E-state index in [9.17, 15) is 9.90 Å². The van der Waals surface area contributed by atoms with E-state index < -0.39 is 12.0 Å². The number of aliphatic carboxylic acids is 1. The number of anilines is 1. The second-order valence-corrected chi connectivity index (χ2v) is 5.56. The van der Waals surface area contributed by atoms with Crippen LogP contribution in [0.15, 0.2) is 18.2 Å². The highest BCUT2D eigenvalue weighted by Crippen LogP contribution is 2.21. The molecule has 1 aliphatic rings. The van der Waals surface area contributed by atoms with Crippen LogP contribution in [0, 0.1) is 13.8 Å². The molecule has 0 bridgehead atoms. The van der Waals surface area contributed by atoms with Crippen LogP contribution in [0.4, 0.5) is 5.69 Å². The highest BCUT2D eigenvalue weighted by atomic mass is 16.4. The lowest BCUT2D eigenvalue weighted by Gasteiger charge is -2.25. The largest absolute Gasteiger partial charge is 0.480 e. The van der Waals surface area contributed by atoms with Gasteiger partial charge in [-0.15, -0.1) is 0 Å². The number of nitrogens with zero attached hydrogens (tertiary/aromatic N) is 1. The van der Waals surface area contributed by atoms with Gasteiger partial charge >= 0.3 is 5.97 Å². The number of hydrogen-bond acceptors (Lipinski definition) is 3. The van der Waals surface area contributed by atoms with Gasteiger partial charge in [0.05, 0.1) is 0 Å². The molecule has 0 aromatic heterocycles. The van der Waals surface area contributed by atoms with Crippen LogP contribution in [0.2, 0.25) is 0 Å². The molecule has 19 heavy (non-hydrogen) atoms. The first-order chi connectivity index (χ1) is 8.95. The lowest BCUT2D eigenvalue weighted by atomic mass is 10.1. The van der Waals surface area contributed by atoms with Crippen molar-refractivity contribution in [1.29, 1.82) is 0 Å². The number of rotatable bonds is 6. The third kappa shape index (κ3) is 3.96. The quantitative estimate of drug-likeness (QED) is 0.822. The molecule has 2 N–H and O–H groups in total. The molecule has 1 fully saturated rings.